The number of thiophene rings is 1. The fourth-order valence-corrected chi connectivity index (χ4v) is 4.41. The number of fused-ring (bicyclic) bond motifs is 1. The van der Waals surface area contributed by atoms with Gasteiger partial charge in [-0.2, -0.15) is 0 Å². The molecule has 0 bridgehead atoms. The normalized spacial score (nSPS) is 13.8. The second-order valence-electron chi connectivity index (χ2n) is 5.47. The van der Waals surface area contributed by atoms with Crippen molar-refractivity contribution in [1.29, 1.82) is 0 Å². The highest BCUT2D eigenvalue weighted by molar-refractivity contribution is 7.13. The summed E-state index contributed by atoms with van der Waals surface area (Å²) in [6, 6.07) is 7.89. The highest BCUT2D eigenvalue weighted by Crippen LogP contribution is 2.25. The molecule has 3 aromatic rings. The number of amides is 1. The van der Waals surface area contributed by atoms with Crippen LogP contribution in [0.4, 0.5) is 0 Å². The molecule has 0 saturated carbocycles. The Kier molecular flexibility index (Phi) is 3.93. The van der Waals surface area contributed by atoms with E-state index < -0.39 is 0 Å². The van der Waals surface area contributed by atoms with Crippen molar-refractivity contribution in [3.05, 3.63) is 57.4 Å². The predicted molar refractivity (Wildman–Crippen MR) is 92.5 cm³/mol. The minimum Gasteiger partial charge on any atom is -0.338 e. The molecule has 1 amide bonds. The number of rotatable bonds is 3. The van der Waals surface area contributed by atoms with Gasteiger partial charge in [-0.15, -0.1) is 22.7 Å². The van der Waals surface area contributed by atoms with Gasteiger partial charge < -0.3 is 4.90 Å². The van der Waals surface area contributed by atoms with Crippen LogP contribution in [-0.4, -0.2) is 27.3 Å². The van der Waals surface area contributed by atoms with Crippen LogP contribution in [0.2, 0.25) is 0 Å². The lowest BCUT2D eigenvalue weighted by molar-refractivity contribution is -0.131. The Hall–Kier alpha value is -2.05. The highest BCUT2D eigenvalue weighted by atomic mass is 32.1. The minimum atomic E-state index is 0.153. The van der Waals surface area contributed by atoms with E-state index >= 15 is 0 Å². The summed E-state index contributed by atoms with van der Waals surface area (Å²) >= 11 is 3.33. The van der Waals surface area contributed by atoms with Crippen LogP contribution < -0.4 is 0 Å². The Morgan fingerprint density at radius 3 is 3.09 bits per heavy atom. The van der Waals surface area contributed by atoms with E-state index in [4.69, 9.17) is 0 Å². The van der Waals surface area contributed by atoms with Gasteiger partial charge in [0.1, 0.15) is 5.01 Å². The third-order valence-corrected chi connectivity index (χ3v) is 5.87. The van der Waals surface area contributed by atoms with Crippen molar-refractivity contribution in [2.75, 3.05) is 6.54 Å². The molecule has 1 aliphatic rings. The van der Waals surface area contributed by atoms with Gasteiger partial charge in [0.15, 0.2) is 0 Å². The topological polar surface area (TPSA) is 46.1 Å². The van der Waals surface area contributed by atoms with Crippen molar-refractivity contribution >= 4 is 28.6 Å². The minimum absolute atomic E-state index is 0.153. The third-order valence-electron chi connectivity index (χ3n) is 3.93. The molecule has 4 nitrogen and oxygen atoms in total. The number of nitrogens with zero attached hydrogens (tertiary/aromatic N) is 3. The molecule has 4 rings (SSSR count). The van der Waals surface area contributed by atoms with Crippen LogP contribution in [0.25, 0.3) is 10.7 Å². The summed E-state index contributed by atoms with van der Waals surface area (Å²) in [5, 5.41) is 4.94. The number of aromatic nitrogens is 2. The fraction of sp³-hybridized carbons (Fsp3) is 0.235. The Labute approximate surface area is 142 Å². The van der Waals surface area contributed by atoms with Crippen LogP contribution in [-0.2, 0) is 24.2 Å². The van der Waals surface area contributed by atoms with Crippen molar-refractivity contribution in [2.24, 2.45) is 0 Å². The average molecular weight is 341 g/mol. The van der Waals surface area contributed by atoms with E-state index in [9.17, 15) is 4.79 Å². The van der Waals surface area contributed by atoms with Gasteiger partial charge in [0.2, 0.25) is 5.91 Å². The van der Waals surface area contributed by atoms with Crippen LogP contribution in [0.1, 0.15) is 16.1 Å². The van der Waals surface area contributed by atoms with Crippen LogP contribution in [0.5, 0.6) is 0 Å². The molecule has 0 atom stereocenters. The molecule has 0 aromatic carbocycles. The molecule has 0 unspecified atom stereocenters. The van der Waals surface area contributed by atoms with Gasteiger partial charge >= 0.3 is 0 Å². The second-order valence-corrected chi connectivity index (χ2v) is 7.33. The fourth-order valence-electron chi connectivity index (χ4n) is 2.72. The number of hydrogen-bond donors (Lipinski definition) is 0. The summed E-state index contributed by atoms with van der Waals surface area (Å²) in [5.74, 6) is 0.153. The van der Waals surface area contributed by atoms with Crippen LogP contribution in [0.3, 0.4) is 0 Å². The van der Waals surface area contributed by atoms with Gasteiger partial charge in [0.25, 0.3) is 0 Å². The van der Waals surface area contributed by atoms with Gasteiger partial charge in [-0.3, -0.25) is 9.78 Å². The molecule has 0 N–H and O–H groups in total. The van der Waals surface area contributed by atoms with E-state index in [2.05, 4.69) is 21.4 Å². The molecule has 3 aromatic heterocycles. The molecule has 0 saturated heterocycles. The molecule has 0 radical (unpaired) electrons. The van der Waals surface area contributed by atoms with E-state index in [1.54, 1.807) is 17.5 Å². The third kappa shape index (κ3) is 3.04. The first-order chi connectivity index (χ1) is 11.3. The summed E-state index contributed by atoms with van der Waals surface area (Å²) < 4.78 is 0. The Bertz CT molecular complexity index is 825. The van der Waals surface area contributed by atoms with E-state index in [1.165, 1.54) is 21.8 Å². The molecule has 116 valence electrons. The Balaban J connectivity index is 1.45. The van der Waals surface area contributed by atoms with Gasteiger partial charge in [0, 0.05) is 29.5 Å². The molecule has 1 aliphatic heterocycles. The van der Waals surface area contributed by atoms with Gasteiger partial charge in [-0.05, 0) is 35.6 Å². The monoisotopic (exact) mass is 341 g/mol. The number of carbonyl (C=O) groups excluding carboxylic acids is 1. The van der Waals surface area contributed by atoms with E-state index in [0.29, 0.717) is 6.42 Å². The largest absolute Gasteiger partial charge is 0.338 e. The predicted octanol–water partition coefficient (Wildman–Crippen LogP) is 3.39. The van der Waals surface area contributed by atoms with Gasteiger partial charge in [-0.25, -0.2) is 4.98 Å². The summed E-state index contributed by atoms with van der Waals surface area (Å²) in [5.41, 5.74) is 2.98. The van der Waals surface area contributed by atoms with E-state index in [0.717, 1.165) is 35.9 Å². The molecule has 6 heteroatoms. The van der Waals surface area contributed by atoms with Crippen LogP contribution >= 0.6 is 22.7 Å². The molecule has 4 heterocycles. The molecule has 0 aliphatic carbocycles. The lowest BCUT2D eigenvalue weighted by Crippen LogP contribution is -2.36. The maximum atomic E-state index is 12.5. The summed E-state index contributed by atoms with van der Waals surface area (Å²) in [7, 11) is 0. The van der Waals surface area contributed by atoms with E-state index in [1.807, 2.05) is 28.5 Å². The second kappa shape index (κ2) is 6.22. The molecular weight excluding hydrogens is 326 g/mol. The zero-order valence-corrected chi connectivity index (χ0v) is 14.1. The average Bonchev–Trinajstić information content (AvgIpc) is 3.24. The van der Waals surface area contributed by atoms with Gasteiger partial charge in [-0.1, -0.05) is 6.07 Å². The standard InChI is InChI=1S/C17H15N3OS2/c21-16(20-7-4-15-12(10-20)5-8-22-15)9-13-11-23-17(19-13)14-3-1-2-6-18-14/h1-3,5-6,8,11H,4,7,9-10H2. The Morgan fingerprint density at radius 2 is 2.22 bits per heavy atom. The molecule has 0 fully saturated rings. The maximum absolute atomic E-state index is 12.5. The van der Waals surface area contributed by atoms with Crippen LogP contribution in [0, 0.1) is 0 Å². The Morgan fingerprint density at radius 1 is 1.26 bits per heavy atom. The summed E-state index contributed by atoms with van der Waals surface area (Å²) in [6.07, 6.45) is 3.09. The lowest BCUT2D eigenvalue weighted by atomic mass is 10.1. The lowest BCUT2D eigenvalue weighted by Gasteiger charge is -2.26. The van der Waals surface area contributed by atoms with Crippen molar-refractivity contribution in [3.8, 4) is 10.7 Å². The first-order valence-corrected chi connectivity index (χ1v) is 9.24. The van der Waals surface area contributed by atoms with E-state index in [-0.39, 0.29) is 5.91 Å². The summed E-state index contributed by atoms with van der Waals surface area (Å²) in [6.45, 7) is 1.54. The number of carbonyl (C=O) groups is 1. The first kappa shape index (κ1) is 14.5. The highest BCUT2D eigenvalue weighted by Gasteiger charge is 2.22. The molecule has 23 heavy (non-hydrogen) atoms. The zero-order chi connectivity index (χ0) is 15.6. The SMILES string of the molecule is O=C(Cc1csc(-c2ccccn2)n1)N1CCc2sccc2C1. The smallest absolute Gasteiger partial charge is 0.228 e. The van der Waals surface area contributed by atoms with Gasteiger partial charge in [0.05, 0.1) is 17.8 Å². The number of pyridine rings is 1. The van der Waals surface area contributed by atoms with Crippen molar-refractivity contribution in [3.63, 3.8) is 0 Å². The van der Waals surface area contributed by atoms with Crippen molar-refractivity contribution < 1.29 is 4.79 Å². The van der Waals surface area contributed by atoms with Crippen molar-refractivity contribution in [1.82, 2.24) is 14.9 Å². The van der Waals surface area contributed by atoms with Crippen molar-refractivity contribution in [2.45, 2.75) is 19.4 Å². The number of hydrogen-bond acceptors (Lipinski definition) is 5. The quantitative estimate of drug-likeness (QED) is 0.733. The summed E-state index contributed by atoms with van der Waals surface area (Å²) in [4.78, 5) is 24.7. The zero-order valence-electron chi connectivity index (χ0n) is 12.4. The first-order valence-electron chi connectivity index (χ1n) is 7.48. The maximum Gasteiger partial charge on any atom is 0.228 e. The number of thiazole rings is 1. The molecular formula is C17H15N3OS2. The van der Waals surface area contributed by atoms with Crippen LogP contribution in [0.15, 0.2) is 41.2 Å². The molecule has 0 spiro atoms.